The highest BCUT2D eigenvalue weighted by Crippen LogP contribution is 2.14. The zero-order chi connectivity index (χ0) is 45.8. The smallest absolute Gasteiger partial charge is 0.306 e. The van der Waals surface area contributed by atoms with E-state index in [2.05, 4.69) is 81.5 Å². The molecule has 0 rings (SSSR count). The Kier molecular flexibility index (Phi) is 49.4. The van der Waals surface area contributed by atoms with Gasteiger partial charge < -0.3 is 14.2 Å². The van der Waals surface area contributed by atoms with Crippen molar-refractivity contribution in [3.05, 3.63) is 60.8 Å². The van der Waals surface area contributed by atoms with E-state index >= 15 is 0 Å². The summed E-state index contributed by atoms with van der Waals surface area (Å²) >= 11 is 0. The van der Waals surface area contributed by atoms with Gasteiger partial charge in [-0.2, -0.15) is 0 Å². The van der Waals surface area contributed by atoms with Gasteiger partial charge in [-0.3, -0.25) is 14.4 Å². The summed E-state index contributed by atoms with van der Waals surface area (Å²) in [4.78, 5) is 38.0. The van der Waals surface area contributed by atoms with Gasteiger partial charge in [0.2, 0.25) is 0 Å². The van der Waals surface area contributed by atoms with Crippen molar-refractivity contribution in [2.75, 3.05) is 13.2 Å². The summed E-state index contributed by atoms with van der Waals surface area (Å²) in [5.74, 6) is -0.946. The van der Waals surface area contributed by atoms with Crippen LogP contribution in [-0.2, 0) is 28.6 Å². The molecule has 364 valence electrons. The summed E-state index contributed by atoms with van der Waals surface area (Å²) in [5, 5.41) is 0. The molecule has 0 heterocycles. The van der Waals surface area contributed by atoms with Gasteiger partial charge in [0.1, 0.15) is 13.2 Å². The average molecular weight is 881 g/mol. The highest BCUT2D eigenvalue weighted by atomic mass is 16.6. The molecule has 0 aromatic rings. The van der Waals surface area contributed by atoms with Crippen LogP contribution in [0.3, 0.4) is 0 Å². The normalized spacial score (nSPS) is 12.5. The molecule has 0 aliphatic heterocycles. The zero-order valence-corrected chi connectivity index (χ0v) is 41.6. The molecule has 0 fully saturated rings. The van der Waals surface area contributed by atoms with E-state index in [-0.39, 0.29) is 37.5 Å². The maximum Gasteiger partial charge on any atom is 0.306 e. The summed E-state index contributed by atoms with van der Waals surface area (Å²) in [6.07, 6.45) is 63.4. The van der Waals surface area contributed by atoms with Crippen molar-refractivity contribution in [1.29, 1.82) is 0 Å². The van der Waals surface area contributed by atoms with Crippen molar-refractivity contribution in [3.8, 4) is 0 Å². The van der Waals surface area contributed by atoms with E-state index in [4.69, 9.17) is 14.2 Å². The van der Waals surface area contributed by atoms with Gasteiger partial charge in [0.15, 0.2) is 6.10 Å². The lowest BCUT2D eigenvalue weighted by molar-refractivity contribution is -0.167. The summed E-state index contributed by atoms with van der Waals surface area (Å²) < 4.78 is 16.8. The number of carbonyl (C=O) groups excluding carboxylic acids is 3. The standard InChI is InChI=1S/C57H100O6/c1-4-7-10-13-16-19-22-25-28-30-32-35-38-41-44-47-50-56(59)62-53-54(52-61-55(58)49-46-43-40-37-34-31-27-24-21-18-15-12-9-6-3)63-57(60)51-48-45-42-39-36-33-29-26-23-20-17-14-11-8-5-2/h17,20,24,26-30,36,39,54H,4-16,18-19,21-23,25,31-35,37-38,40-53H2,1-3H3/b20-17-,27-24-,29-26-,30-28-,39-36-/t54-/m1/s1. The van der Waals surface area contributed by atoms with Gasteiger partial charge in [-0.1, -0.05) is 197 Å². The monoisotopic (exact) mass is 881 g/mol. The Hall–Kier alpha value is -2.89. The van der Waals surface area contributed by atoms with Crippen molar-refractivity contribution in [1.82, 2.24) is 0 Å². The number of hydrogen-bond acceptors (Lipinski definition) is 6. The van der Waals surface area contributed by atoms with Crippen LogP contribution in [-0.4, -0.2) is 37.2 Å². The highest BCUT2D eigenvalue weighted by Gasteiger charge is 2.19. The molecule has 63 heavy (non-hydrogen) atoms. The Balaban J connectivity index is 4.46. The molecule has 0 saturated heterocycles. The lowest BCUT2D eigenvalue weighted by atomic mass is 10.1. The summed E-state index contributed by atoms with van der Waals surface area (Å²) in [5.41, 5.74) is 0. The molecule has 0 unspecified atom stereocenters. The number of ether oxygens (including phenoxy) is 3. The third-order valence-electron chi connectivity index (χ3n) is 11.5. The molecule has 0 radical (unpaired) electrons. The second-order valence-electron chi connectivity index (χ2n) is 17.8. The first-order valence-corrected chi connectivity index (χ1v) is 26.8. The van der Waals surface area contributed by atoms with Gasteiger partial charge in [-0.25, -0.2) is 0 Å². The fourth-order valence-electron chi connectivity index (χ4n) is 7.38. The molecular weight excluding hydrogens is 781 g/mol. The molecule has 0 aliphatic carbocycles. The first-order chi connectivity index (χ1) is 31.0. The summed E-state index contributed by atoms with van der Waals surface area (Å²) in [6, 6.07) is 0. The molecule has 0 aromatic carbocycles. The lowest BCUT2D eigenvalue weighted by Gasteiger charge is -2.18. The molecule has 0 N–H and O–H groups in total. The van der Waals surface area contributed by atoms with Crippen molar-refractivity contribution in [2.24, 2.45) is 0 Å². The van der Waals surface area contributed by atoms with Crippen LogP contribution in [0.1, 0.15) is 265 Å². The number of carbonyl (C=O) groups is 3. The van der Waals surface area contributed by atoms with Crippen molar-refractivity contribution >= 4 is 17.9 Å². The molecule has 0 saturated carbocycles. The zero-order valence-electron chi connectivity index (χ0n) is 41.6. The first kappa shape index (κ1) is 60.1. The van der Waals surface area contributed by atoms with Gasteiger partial charge in [0.25, 0.3) is 0 Å². The van der Waals surface area contributed by atoms with Crippen molar-refractivity contribution in [3.63, 3.8) is 0 Å². The quantitative estimate of drug-likeness (QED) is 0.0262. The topological polar surface area (TPSA) is 78.9 Å². The minimum atomic E-state index is -0.800. The molecule has 6 heteroatoms. The van der Waals surface area contributed by atoms with E-state index in [1.807, 2.05) is 0 Å². The Morgan fingerprint density at radius 2 is 0.571 bits per heavy atom. The third-order valence-corrected chi connectivity index (χ3v) is 11.5. The molecular formula is C57H100O6. The number of allylic oxidation sites excluding steroid dienone is 10. The Morgan fingerprint density at radius 3 is 0.968 bits per heavy atom. The second kappa shape index (κ2) is 51.7. The summed E-state index contributed by atoms with van der Waals surface area (Å²) in [7, 11) is 0. The Labute approximate surface area is 390 Å². The van der Waals surface area contributed by atoms with E-state index in [0.717, 1.165) is 77.0 Å². The van der Waals surface area contributed by atoms with Crippen LogP contribution in [0.4, 0.5) is 0 Å². The van der Waals surface area contributed by atoms with E-state index in [0.29, 0.717) is 19.3 Å². The number of esters is 3. The largest absolute Gasteiger partial charge is 0.462 e. The van der Waals surface area contributed by atoms with Crippen LogP contribution in [0.5, 0.6) is 0 Å². The van der Waals surface area contributed by atoms with Crippen LogP contribution in [0, 0.1) is 0 Å². The van der Waals surface area contributed by atoms with Gasteiger partial charge in [-0.05, 0) is 109 Å². The fourth-order valence-corrected chi connectivity index (χ4v) is 7.38. The number of unbranched alkanes of at least 4 members (excludes halogenated alkanes) is 27. The molecule has 0 amide bonds. The second-order valence-corrected chi connectivity index (χ2v) is 17.8. The van der Waals surface area contributed by atoms with Gasteiger partial charge in [-0.15, -0.1) is 0 Å². The van der Waals surface area contributed by atoms with Gasteiger partial charge >= 0.3 is 17.9 Å². The van der Waals surface area contributed by atoms with Crippen LogP contribution in [0.15, 0.2) is 60.8 Å². The Morgan fingerprint density at radius 1 is 0.317 bits per heavy atom. The molecule has 6 nitrogen and oxygen atoms in total. The van der Waals surface area contributed by atoms with Gasteiger partial charge in [0.05, 0.1) is 0 Å². The SMILES string of the molecule is CCCCC/C=C\C/C=C\C/C=C\CCCCC(=O)O[C@H](COC(=O)CCCCCCC/C=C\CCCCCCC)COC(=O)CCCCCCC/C=C\CCCCCCCCC. The highest BCUT2D eigenvalue weighted by molar-refractivity contribution is 5.71. The molecule has 1 atom stereocenters. The molecule has 0 aliphatic rings. The number of rotatable bonds is 48. The minimum Gasteiger partial charge on any atom is -0.462 e. The third kappa shape index (κ3) is 50.0. The van der Waals surface area contributed by atoms with E-state index in [1.54, 1.807) is 0 Å². The van der Waals surface area contributed by atoms with Crippen LogP contribution in [0.25, 0.3) is 0 Å². The maximum atomic E-state index is 12.8. The predicted octanol–water partition coefficient (Wildman–Crippen LogP) is 17.6. The van der Waals surface area contributed by atoms with Crippen LogP contribution < -0.4 is 0 Å². The number of hydrogen-bond donors (Lipinski definition) is 0. The summed E-state index contributed by atoms with van der Waals surface area (Å²) in [6.45, 7) is 6.56. The average Bonchev–Trinajstić information content (AvgIpc) is 3.28. The van der Waals surface area contributed by atoms with E-state index in [9.17, 15) is 14.4 Å². The molecule has 0 spiro atoms. The first-order valence-electron chi connectivity index (χ1n) is 26.8. The van der Waals surface area contributed by atoms with Crippen LogP contribution in [0.2, 0.25) is 0 Å². The van der Waals surface area contributed by atoms with Gasteiger partial charge in [0, 0.05) is 19.3 Å². The lowest BCUT2D eigenvalue weighted by Crippen LogP contribution is -2.30. The minimum absolute atomic E-state index is 0.0960. The molecule has 0 bridgehead atoms. The van der Waals surface area contributed by atoms with Crippen molar-refractivity contribution < 1.29 is 28.6 Å². The van der Waals surface area contributed by atoms with E-state index < -0.39 is 6.10 Å². The predicted molar refractivity (Wildman–Crippen MR) is 270 cm³/mol. The van der Waals surface area contributed by atoms with E-state index in [1.165, 1.54) is 141 Å². The van der Waals surface area contributed by atoms with Crippen LogP contribution >= 0.6 is 0 Å². The fraction of sp³-hybridized carbons (Fsp3) is 0.772. The van der Waals surface area contributed by atoms with Crippen molar-refractivity contribution in [2.45, 2.75) is 271 Å². The maximum absolute atomic E-state index is 12.8. The molecule has 0 aromatic heterocycles. The Bertz CT molecular complexity index is 1150.